The van der Waals surface area contributed by atoms with Crippen molar-refractivity contribution >= 4 is 101 Å². The van der Waals surface area contributed by atoms with E-state index in [9.17, 15) is 77.3 Å². The Morgan fingerprint density at radius 3 is 1.66 bits per heavy atom. The molecule has 93 heavy (non-hydrogen) atoms. The lowest BCUT2D eigenvalue weighted by atomic mass is 9.99. The van der Waals surface area contributed by atoms with Crippen LogP contribution >= 0.6 is 11.8 Å². The molecule has 0 saturated carbocycles. The zero-order chi connectivity index (χ0) is 69.5. The molecule has 33 heteroatoms. The molecular weight excluding hydrogens is 1230 g/mol. The van der Waals surface area contributed by atoms with Gasteiger partial charge >= 0.3 is 17.9 Å². The summed E-state index contributed by atoms with van der Waals surface area (Å²) in [6, 6.07) is 3.11. The molecule has 11 amide bonds. The number of benzene rings is 2. The number of nitrogens with one attached hydrogen (secondary N) is 10. The van der Waals surface area contributed by atoms with Crippen molar-refractivity contribution in [3.05, 3.63) is 71.8 Å². The average Bonchev–Trinajstić information content (AvgIpc) is 1.90. The van der Waals surface area contributed by atoms with Crippen LogP contribution in [0.3, 0.4) is 0 Å². The number of hydrogen-bond acceptors (Lipinski definition) is 17. The Balaban J connectivity index is 1.65. The van der Waals surface area contributed by atoms with Crippen molar-refractivity contribution in [1.82, 2.24) is 58.1 Å². The normalized spacial score (nSPS) is 15.5. The van der Waals surface area contributed by atoms with Crippen molar-refractivity contribution in [1.29, 1.82) is 0 Å². The zero-order valence-electron chi connectivity index (χ0n) is 52.9. The molecule has 0 aromatic heterocycles. The summed E-state index contributed by atoms with van der Waals surface area (Å²) in [6.07, 6.45) is 0.610. The first-order valence-corrected chi connectivity index (χ1v) is 31.6. The summed E-state index contributed by atoms with van der Waals surface area (Å²) in [5.74, 6) is -14.4. The highest BCUT2D eigenvalue weighted by Gasteiger charge is 2.39. The van der Waals surface area contributed by atoms with E-state index in [1.807, 2.05) is 0 Å². The number of carbonyl (C=O) groups excluding carboxylic acids is 11. The van der Waals surface area contributed by atoms with Gasteiger partial charge in [-0.1, -0.05) is 88.4 Å². The molecule has 1 fully saturated rings. The van der Waals surface area contributed by atoms with Gasteiger partial charge in [0.1, 0.15) is 54.4 Å². The number of amides is 11. The third-order valence-electron chi connectivity index (χ3n) is 14.4. The number of nitrogens with zero attached hydrogens (tertiary/aromatic N) is 2. The van der Waals surface area contributed by atoms with Gasteiger partial charge in [-0.3, -0.25) is 67.3 Å². The van der Waals surface area contributed by atoms with Crippen molar-refractivity contribution in [3.63, 3.8) is 0 Å². The molecule has 0 radical (unpaired) electrons. The molecule has 1 aliphatic rings. The van der Waals surface area contributed by atoms with Crippen molar-refractivity contribution in [2.75, 3.05) is 38.2 Å². The van der Waals surface area contributed by atoms with Crippen LogP contribution in [0.5, 0.6) is 0 Å². The Hall–Kier alpha value is -9.40. The number of rotatable bonds is 40. The Bertz CT molecular complexity index is 2960. The minimum absolute atomic E-state index is 0.0288. The molecule has 512 valence electrons. The Morgan fingerprint density at radius 1 is 0.581 bits per heavy atom. The predicted molar refractivity (Wildman–Crippen MR) is 339 cm³/mol. The lowest BCUT2D eigenvalue weighted by Gasteiger charge is -2.29. The monoisotopic (exact) mass is 1320 g/mol. The summed E-state index contributed by atoms with van der Waals surface area (Å²) in [5.41, 5.74) is 17.8. The maximum atomic E-state index is 14.2. The zero-order valence-corrected chi connectivity index (χ0v) is 53.7. The molecule has 1 saturated heterocycles. The lowest BCUT2D eigenvalue weighted by Crippen LogP contribution is -2.59. The van der Waals surface area contributed by atoms with Crippen molar-refractivity contribution < 1.29 is 82.4 Å². The second-order valence-electron chi connectivity index (χ2n) is 23.0. The first-order chi connectivity index (χ1) is 43.9. The van der Waals surface area contributed by atoms with Gasteiger partial charge in [0, 0.05) is 25.9 Å². The molecule has 0 bridgehead atoms. The van der Waals surface area contributed by atoms with Crippen LogP contribution in [0.1, 0.15) is 97.1 Å². The molecule has 3 rings (SSSR count). The summed E-state index contributed by atoms with van der Waals surface area (Å²) >= 11 is 1.35. The fourth-order valence-corrected chi connectivity index (χ4v) is 10.1. The van der Waals surface area contributed by atoms with E-state index in [-0.39, 0.29) is 69.9 Å². The number of carbonyl (C=O) groups is 14. The van der Waals surface area contributed by atoms with Crippen LogP contribution in [-0.2, 0) is 80.0 Å². The SMILES string of the molecule is CSCC[C@H](NC(=O)[C@H](C)NC(=O)CNC(=O)[C@H](CC(=O)O)NC(=O)[C@H](Cc1ccccc1)NC(=O)[C@@H](N)CC(=O)O)C(=O)N1CCC[C@H]1C(=O)NCC(=O)N[C@H](C(=O)N[C@@H](CC(C)C)C(=O)N[C@@H](CCCN=C(N)N)C(=O)N[C@@H](Cc1ccccc1)C(=O)O)C(C)C. The second-order valence-corrected chi connectivity index (χ2v) is 23.9. The van der Waals surface area contributed by atoms with E-state index in [4.69, 9.17) is 22.3 Å². The Morgan fingerprint density at radius 2 is 1.10 bits per heavy atom. The maximum Gasteiger partial charge on any atom is 0.326 e. The highest BCUT2D eigenvalue weighted by Crippen LogP contribution is 2.20. The van der Waals surface area contributed by atoms with Gasteiger partial charge < -0.3 is 90.6 Å². The number of likely N-dealkylation sites (tertiary alicyclic amines) is 1. The van der Waals surface area contributed by atoms with Crippen LogP contribution in [0.4, 0.5) is 0 Å². The number of aliphatic carboxylic acids is 3. The highest BCUT2D eigenvalue weighted by molar-refractivity contribution is 7.98. The highest BCUT2D eigenvalue weighted by atomic mass is 32.2. The second kappa shape index (κ2) is 39.8. The van der Waals surface area contributed by atoms with E-state index >= 15 is 0 Å². The fraction of sp³-hybridized carbons (Fsp3) is 0.550. The molecule has 2 aromatic carbocycles. The van der Waals surface area contributed by atoms with Crippen molar-refractivity contribution in [2.45, 2.75) is 159 Å². The molecule has 1 heterocycles. The van der Waals surface area contributed by atoms with Crippen LogP contribution in [0.15, 0.2) is 65.7 Å². The summed E-state index contributed by atoms with van der Waals surface area (Å²) < 4.78 is 0. The van der Waals surface area contributed by atoms with Gasteiger partial charge in [-0.05, 0) is 80.4 Å². The number of guanidine groups is 1. The van der Waals surface area contributed by atoms with E-state index in [0.29, 0.717) is 23.3 Å². The van der Waals surface area contributed by atoms with Gasteiger partial charge in [0.05, 0.1) is 32.0 Å². The predicted octanol–water partition coefficient (Wildman–Crippen LogP) is -3.54. The minimum atomic E-state index is -1.81. The standard InChI is InChI=1S/C60H89N15O17S/c1-32(2)25-40(54(86)68-38(19-13-22-64-60(62)63)53(85)73-43(59(91)92)27-36-17-11-8-12-18-36)72-57(89)49(33(3)4)74-46(77)31-66-56(88)44-20-14-23-75(44)58(90)39(21-24-93-6)69-50(82)34(5)67-45(76)30-65-52(84)42(29-48(80)81)71-55(87)41(26-35-15-9-7-10-16-35)70-51(83)37(61)28-47(78)79/h7-12,15-18,32-34,37-44,49H,13-14,19-31,61H2,1-6H3,(H,65,84)(H,66,88)(H,67,76)(H,68,86)(H,69,82)(H,70,83)(H,71,87)(H,72,89)(H,73,85)(H,74,77)(H,78,79)(H,80,81)(H,91,92)(H4,62,63,64)/t34-,37-,38-,39-,40-,41-,42-,43-,44-,49-/m0/s1. The van der Waals surface area contributed by atoms with Crippen LogP contribution < -0.4 is 70.4 Å². The van der Waals surface area contributed by atoms with Crippen LogP contribution in [0.2, 0.25) is 0 Å². The lowest BCUT2D eigenvalue weighted by molar-refractivity contribution is -0.142. The van der Waals surface area contributed by atoms with Gasteiger partial charge in [0.15, 0.2) is 5.96 Å². The molecule has 10 atom stereocenters. The van der Waals surface area contributed by atoms with Crippen molar-refractivity contribution in [3.8, 4) is 0 Å². The van der Waals surface area contributed by atoms with Crippen LogP contribution in [-0.4, -0.2) is 208 Å². The maximum absolute atomic E-state index is 14.2. The van der Waals surface area contributed by atoms with E-state index in [1.165, 1.54) is 23.6 Å². The number of nitrogens with two attached hydrogens (primary N) is 3. The number of carboxylic acid groups (broad SMARTS) is 3. The number of hydrogen-bond donors (Lipinski definition) is 16. The van der Waals surface area contributed by atoms with Gasteiger partial charge in [-0.2, -0.15) is 11.8 Å². The van der Waals surface area contributed by atoms with E-state index in [1.54, 1.807) is 94.6 Å². The minimum Gasteiger partial charge on any atom is -0.481 e. The summed E-state index contributed by atoms with van der Waals surface area (Å²) in [4.78, 5) is 190. The Kier molecular flexibility index (Phi) is 33.3. The molecule has 19 N–H and O–H groups in total. The van der Waals surface area contributed by atoms with Gasteiger partial charge in [-0.25, -0.2) is 4.79 Å². The summed E-state index contributed by atoms with van der Waals surface area (Å²) in [5, 5.41) is 53.4. The fourth-order valence-electron chi connectivity index (χ4n) is 9.59. The molecule has 0 spiro atoms. The number of carboxylic acids is 3. The van der Waals surface area contributed by atoms with Gasteiger partial charge in [0.2, 0.25) is 65.0 Å². The number of thioether (sulfide) groups is 1. The van der Waals surface area contributed by atoms with Crippen LogP contribution in [0.25, 0.3) is 0 Å². The van der Waals surface area contributed by atoms with E-state index in [2.05, 4.69) is 58.2 Å². The molecule has 32 nitrogen and oxygen atoms in total. The quantitative estimate of drug-likeness (QED) is 0.0175. The van der Waals surface area contributed by atoms with Crippen molar-refractivity contribution in [2.24, 2.45) is 34.0 Å². The van der Waals surface area contributed by atoms with Gasteiger partial charge in [-0.15, -0.1) is 0 Å². The largest absolute Gasteiger partial charge is 0.481 e. The third kappa shape index (κ3) is 28.3. The van der Waals surface area contributed by atoms with E-state index in [0.717, 1.165) is 0 Å². The first kappa shape index (κ1) is 77.8. The first-order valence-electron chi connectivity index (χ1n) is 30.2. The molecule has 2 aromatic rings. The molecular formula is C60H89N15O17S. The van der Waals surface area contributed by atoms with Gasteiger partial charge in [0.25, 0.3) is 0 Å². The van der Waals surface area contributed by atoms with Crippen LogP contribution in [0, 0.1) is 11.8 Å². The third-order valence-corrected chi connectivity index (χ3v) is 15.1. The Labute approximate surface area is 542 Å². The van der Waals surface area contributed by atoms with E-state index < -0.39 is 175 Å². The topological polar surface area (TPSA) is 514 Å². The molecule has 0 unspecified atom stereocenters. The number of aliphatic imine (C=N–C) groups is 1. The average molecular weight is 1320 g/mol. The molecule has 1 aliphatic heterocycles. The summed E-state index contributed by atoms with van der Waals surface area (Å²) in [6.45, 7) is 6.81. The smallest absolute Gasteiger partial charge is 0.326 e. The molecule has 0 aliphatic carbocycles. The summed E-state index contributed by atoms with van der Waals surface area (Å²) in [7, 11) is 0.